The Morgan fingerprint density at radius 1 is 1.31 bits per heavy atom. The lowest BCUT2D eigenvalue weighted by Crippen LogP contribution is -2.03. The first-order valence-corrected chi connectivity index (χ1v) is 4.97. The molecule has 2 N–H and O–H groups in total. The van der Waals surface area contributed by atoms with Gasteiger partial charge in [-0.3, -0.25) is 0 Å². The van der Waals surface area contributed by atoms with Crippen molar-refractivity contribution in [3.05, 3.63) is 35.9 Å². The molecule has 0 unspecified atom stereocenters. The molecule has 0 amide bonds. The normalized spacial score (nSPS) is 10.6. The van der Waals surface area contributed by atoms with Gasteiger partial charge in [-0.2, -0.15) is 0 Å². The summed E-state index contributed by atoms with van der Waals surface area (Å²) < 4.78 is 4.79. The molecule has 0 spiro atoms. The Morgan fingerprint density at radius 3 is 2.62 bits per heavy atom. The van der Waals surface area contributed by atoms with Crippen molar-refractivity contribution in [2.45, 2.75) is 6.42 Å². The molecule has 16 heavy (non-hydrogen) atoms. The molecule has 0 aliphatic carbocycles. The highest BCUT2D eigenvalue weighted by Crippen LogP contribution is 2.10. The smallest absolute Gasteiger partial charge is 0.330 e. The van der Waals surface area contributed by atoms with Crippen LogP contribution in [0.25, 0.3) is 6.08 Å². The van der Waals surface area contributed by atoms with E-state index < -0.39 is 5.97 Å². The fraction of sp³-hybridized carbons (Fsp3) is 0.250. The van der Waals surface area contributed by atoms with Gasteiger partial charge in [0, 0.05) is 19.1 Å². The van der Waals surface area contributed by atoms with Gasteiger partial charge in [0.15, 0.2) is 0 Å². The van der Waals surface area contributed by atoms with Gasteiger partial charge in [-0.05, 0) is 23.8 Å². The molecule has 0 bridgehead atoms. The van der Waals surface area contributed by atoms with Crippen molar-refractivity contribution in [1.82, 2.24) is 0 Å². The topological polar surface area (TPSA) is 66.8 Å². The first-order chi connectivity index (χ1) is 7.72. The number of phenols is 1. The Bertz CT molecular complexity index is 354. The number of hydrogen-bond donors (Lipinski definition) is 2. The summed E-state index contributed by atoms with van der Waals surface area (Å²) in [5.74, 6) is -0.260. The summed E-state index contributed by atoms with van der Waals surface area (Å²) in [6.07, 6.45) is 3.35. The first kappa shape index (κ1) is 12.3. The predicted molar refractivity (Wildman–Crippen MR) is 59.8 cm³/mol. The number of carbonyl (C=O) groups excluding carboxylic acids is 1. The van der Waals surface area contributed by atoms with E-state index in [-0.39, 0.29) is 19.0 Å². The van der Waals surface area contributed by atoms with E-state index in [4.69, 9.17) is 14.9 Å². The van der Waals surface area contributed by atoms with E-state index in [1.54, 1.807) is 18.2 Å². The summed E-state index contributed by atoms with van der Waals surface area (Å²) in [7, 11) is 0. The Labute approximate surface area is 93.8 Å². The molecule has 1 rings (SSSR count). The second-order valence-electron chi connectivity index (χ2n) is 3.17. The van der Waals surface area contributed by atoms with Crippen molar-refractivity contribution in [3.63, 3.8) is 0 Å². The highest BCUT2D eigenvalue weighted by molar-refractivity contribution is 5.87. The van der Waals surface area contributed by atoms with Gasteiger partial charge in [-0.15, -0.1) is 0 Å². The number of aliphatic hydroxyl groups is 1. The molecule has 0 aliphatic heterocycles. The van der Waals surface area contributed by atoms with E-state index in [1.165, 1.54) is 18.2 Å². The van der Waals surface area contributed by atoms with Crippen LogP contribution in [0.1, 0.15) is 12.0 Å². The van der Waals surface area contributed by atoms with Gasteiger partial charge in [0.05, 0.1) is 6.61 Å². The van der Waals surface area contributed by atoms with Crippen LogP contribution in [0.5, 0.6) is 5.75 Å². The van der Waals surface area contributed by atoms with Gasteiger partial charge in [0.2, 0.25) is 0 Å². The van der Waals surface area contributed by atoms with Gasteiger partial charge in [-0.25, -0.2) is 4.79 Å². The van der Waals surface area contributed by atoms with Crippen LogP contribution in [-0.2, 0) is 9.53 Å². The molecule has 0 fully saturated rings. The Balaban J connectivity index is 2.41. The maximum absolute atomic E-state index is 11.1. The summed E-state index contributed by atoms with van der Waals surface area (Å²) in [4.78, 5) is 11.1. The van der Waals surface area contributed by atoms with Gasteiger partial charge in [0.25, 0.3) is 0 Å². The zero-order valence-corrected chi connectivity index (χ0v) is 8.80. The van der Waals surface area contributed by atoms with Crippen LogP contribution in [0.3, 0.4) is 0 Å². The predicted octanol–water partition coefficient (Wildman–Crippen LogP) is 1.33. The van der Waals surface area contributed by atoms with E-state index in [0.29, 0.717) is 6.42 Å². The molecule has 4 heteroatoms. The number of esters is 1. The summed E-state index contributed by atoms with van der Waals surface area (Å²) in [6.45, 7) is 0.226. The van der Waals surface area contributed by atoms with Crippen molar-refractivity contribution < 1.29 is 19.7 Å². The number of carbonyl (C=O) groups is 1. The second-order valence-corrected chi connectivity index (χ2v) is 3.17. The van der Waals surface area contributed by atoms with E-state index in [2.05, 4.69) is 0 Å². The monoisotopic (exact) mass is 222 g/mol. The van der Waals surface area contributed by atoms with Crippen LogP contribution in [-0.4, -0.2) is 29.4 Å². The summed E-state index contributed by atoms with van der Waals surface area (Å²) in [5, 5.41) is 17.5. The standard InChI is InChI=1S/C12H14O4/c13-8-1-9-16-12(15)7-4-10-2-5-11(14)6-3-10/h2-7,13-14H,1,8-9H2. The van der Waals surface area contributed by atoms with Crippen molar-refractivity contribution >= 4 is 12.0 Å². The molecule has 0 radical (unpaired) electrons. The highest BCUT2D eigenvalue weighted by atomic mass is 16.5. The quantitative estimate of drug-likeness (QED) is 0.448. The minimum atomic E-state index is -0.443. The van der Waals surface area contributed by atoms with Crippen molar-refractivity contribution in [2.75, 3.05) is 13.2 Å². The number of hydrogen-bond acceptors (Lipinski definition) is 4. The molecular formula is C12H14O4. The van der Waals surface area contributed by atoms with Crippen LogP contribution < -0.4 is 0 Å². The number of phenolic OH excluding ortho intramolecular Hbond substituents is 1. The average molecular weight is 222 g/mol. The third-order valence-electron chi connectivity index (χ3n) is 1.85. The zero-order chi connectivity index (χ0) is 11.8. The van der Waals surface area contributed by atoms with E-state index in [0.717, 1.165) is 5.56 Å². The van der Waals surface area contributed by atoms with Gasteiger partial charge >= 0.3 is 5.97 Å². The van der Waals surface area contributed by atoms with Gasteiger partial charge in [0.1, 0.15) is 5.75 Å². The van der Waals surface area contributed by atoms with E-state index in [9.17, 15) is 4.79 Å². The maximum Gasteiger partial charge on any atom is 0.330 e. The molecule has 4 nitrogen and oxygen atoms in total. The van der Waals surface area contributed by atoms with Crippen LogP contribution >= 0.6 is 0 Å². The molecule has 0 atom stereocenters. The molecule has 1 aromatic carbocycles. The molecule has 0 heterocycles. The van der Waals surface area contributed by atoms with Crippen LogP contribution in [0.4, 0.5) is 0 Å². The SMILES string of the molecule is O=C(C=Cc1ccc(O)cc1)OCCCO. The van der Waals surface area contributed by atoms with Gasteiger partial charge in [-0.1, -0.05) is 12.1 Å². The van der Waals surface area contributed by atoms with Crippen LogP contribution in [0.2, 0.25) is 0 Å². The Kier molecular flexibility index (Phi) is 5.08. The molecule has 1 aromatic rings. The third kappa shape index (κ3) is 4.61. The Hall–Kier alpha value is -1.81. The van der Waals surface area contributed by atoms with Crippen molar-refractivity contribution in [1.29, 1.82) is 0 Å². The lowest BCUT2D eigenvalue weighted by Gasteiger charge is -1.98. The molecule has 86 valence electrons. The zero-order valence-electron chi connectivity index (χ0n) is 8.80. The molecular weight excluding hydrogens is 208 g/mol. The van der Waals surface area contributed by atoms with Crippen molar-refractivity contribution in [2.24, 2.45) is 0 Å². The minimum Gasteiger partial charge on any atom is -0.508 e. The number of ether oxygens (including phenoxy) is 1. The lowest BCUT2D eigenvalue weighted by atomic mass is 10.2. The van der Waals surface area contributed by atoms with E-state index in [1.807, 2.05) is 0 Å². The minimum absolute atomic E-state index is 0.00889. The fourth-order valence-corrected chi connectivity index (χ4v) is 1.04. The molecule has 0 saturated heterocycles. The van der Waals surface area contributed by atoms with Gasteiger partial charge < -0.3 is 14.9 Å². The van der Waals surface area contributed by atoms with Crippen LogP contribution in [0, 0.1) is 0 Å². The largest absolute Gasteiger partial charge is 0.508 e. The van der Waals surface area contributed by atoms with E-state index >= 15 is 0 Å². The average Bonchev–Trinajstić information content (AvgIpc) is 2.29. The second kappa shape index (κ2) is 6.63. The molecule has 0 aromatic heterocycles. The summed E-state index contributed by atoms with van der Waals surface area (Å²) >= 11 is 0. The fourth-order valence-electron chi connectivity index (χ4n) is 1.04. The summed E-state index contributed by atoms with van der Waals surface area (Å²) in [6, 6.07) is 6.45. The Morgan fingerprint density at radius 2 is 2.00 bits per heavy atom. The third-order valence-corrected chi connectivity index (χ3v) is 1.85. The van der Waals surface area contributed by atoms with Crippen LogP contribution in [0.15, 0.2) is 30.3 Å². The number of rotatable bonds is 5. The number of aromatic hydroxyl groups is 1. The number of benzene rings is 1. The molecule has 0 saturated carbocycles. The first-order valence-electron chi connectivity index (χ1n) is 4.97. The summed E-state index contributed by atoms with van der Waals surface area (Å²) in [5.41, 5.74) is 0.803. The molecule has 0 aliphatic rings. The maximum atomic E-state index is 11.1. The number of aliphatic hydroxyl groups excluding tert-OH is 1. The lowest BCUT2D eigenvalue weighted by molar-refractivity contribution is -0.137. The highest BCUT2D eigenvalue weighted by Gasteiger charge is 1.96. The van der Waals surface area contributed by atoms with Crippen molar-refractivity contribution in [3.8, 4) is 5.75 Å².